The molecule has 0 fully saturated rings. The highest BCUT2D eigenvalue weighted by Crippen LogP contribution is 2.28. The third-order valence-electron chi connectivity index (χ3n) is 4.59. The number of benzene rings is 3. The van der Waals surface area contributed by atoms with Gasteiger partial charge in [-0.2, -0.15) is 0 Å². The van der Waals surface area contributed by atoms with Crippen LogP contribution in [0.4, 0.5) is 0 Å². The maximum atomic E-state index is 12.4. The number of carbonyl (C=O) groups is 2. The fraction of sp³-hybridized carbons (Fsp3) is 0.0800. The molecule has 1 aromatic heterocycles. The molecule has 4 aromatic rings. The van der Waals surface area contributed by atoms with E-state index in [9.17, 15) is 9.59 Å². The third-order valence-corrected chi connectivity index (χ3v) is 5.48. The van der Waals surface area contributed by atoms with Crippen molar-refractivity contribution in [1.82, 2.24) is 10.3 Å². The molecule has 154 valence electrons. The molecule has 1 amide bonds. The molecule has 0 bridgehead atoms. The van der Waals surface area contributed by atoms with E-state index in [0.29, 0.717) is 17.9 Å². The van der Waals surface area contributed by atoms with Gasteiger partial charge in [-0.3, -0.25) is 9.59 Å². The Hall–Kier alpha value is -3.77. The Morgan fingerprint density at radius 3 is 2.45 bits per heavy atom. The quantitative estimate of drug-likeness (QED) is 0.333. The van der Waals surface area contributed by atoms with Crippen LogP contribution in [0.25, 0.3) is 21.8 Å². The van der Waals surface area contributed by atoms with Gasteiger partial charge in [0.15, 0.2) is 0 Å². The number of esters is 1. The lowest BCUT2D eigenvalue weighted by molar-refractivity contribution is -0.131. The standard InChI is InChI=1S/C25H20N2O3S/c1-17(28)30-22-9-5-8-21(14-22)24(29)26-15-18-10-12-20(13-11-18)25-27-23(16-31-25)19-6-3-2-4-7-19/h2-14,16H,15H2,1H3,(H,26,29). The lowest BCUT2D eigenvalue weighted by Crippen LogP contribution is -2.22. The first kappa shape index (κ1) is 20.5. The van der Waals surface area contributed by atoms with Gasteiger partial charge in [0.2, 0.25) is 0 Å². The van der Waals surface area contributed by atoms with Crippen LogP contribution in [0.1, 0.15) is 22.8 Å². The summed E-state index contributed by atoms with van der Waals surface area (Å²) in [6, 6.07) is 24.6. The minimum absolute atomic E-state index is 0.231. The van der Waals surface area contributed by atoms with E-state index < -0.39 is 5.97 Å². The average Bonchev–Trinajstić information content (AvgIpc) is 3.28. The summed E-state index contributed by atoms with van der Waals surface area (Å²) in [7, 11) is 0. The van der Waals surface area contributed by atoms with Crippen molar-refractivity contribution >= 4 is 23.2 Å². The zero-order chi connectivity index (χ0) is 21.6. The van der Waals surface area contributed by atoms with Crippen LogP contribution >= 0.6 is 11.3 Å². The van der Waals surface area contributed by atoms with Crippen molar-refractivity contribution in [3.63, 3.8) is 0 Å². The Labute approximate surface area is 184 Å². The van der Waals surface area contributed by atoms with E-state index >= 15 is 0 Å². The smallest absolute Gasteiger partial charge is 0.308 e. The first-order valence-electron chi connectivity index (χ1n) is 9.75. The van der Waals surface area contributed by atoms with Crippen LogP contribution in [0.5, 0.6) is 5.75 Å². The SMILES string of the molecule is CC(=O)Oc1cccc(C(=O)NCc2ccc(-c3nc(-c4ccccc4)cs3)cc2)c1. The number of nitrogens with one attached hydrogen (secondary N) is 1. The summed E-state index contributed by atoms with van der Waals surface area (Å²) >= 11 is 1.61. The highest BCUT2D eigenvalue weighted by Gasteiger charge is 2.09. The molecule has 5 nitrogen and oxygen atoms in total. The van der Waals surface area contributed by atoms with Gasteiger partial charge in [0.1, 0.15) is 10.8 Å². The predicted molar refractivity (Wildman–Crippen MR) is 122 cm³/mol. The first-order valence-corrected chi connectivity index (χ1v) is 10.6. The number of rotatable bonds is 6. The Kier molecular flexibility index (Phi) is 6.19. The monoisotopic (exact) mass is 428 g/mol. The number of thiazole rings is 1. The molecule has 1 heterocycles. The zero-order valence-corrected chi connectivity index (χ0v) is 17.7. The minimum Gasteiger partial charge on any atom is -0.427 e. The average molecular weight is 429 g/mol. The van der Waals surface area contributed by atoms with Gasteiger partial charge in [-0.05, 0) is 23.8 Å². The van der Waals surface area contributed by atoms with Crippen LogP contribution in [0.15, 0.2) is 84.2 Å². The number of nitrogens with zero attached hydrogens (tertiary/aromatic N) is 1. The molecule has 0 spiro atoms. The van der Waals surface area contributed by atoms with Crippen molar-refractivity contribution in [2.45, 2.75) is 13.5 Å². The maximum Gasteiger partial charge on any atom is 0.308 e. The van der Waals surface area contributed by atoms with Gasteiger partial charge in [0.25, 0.3) is 5.91 Å². The fourth-order valence-corrected chi connectivity index (χ4v) is 3.90. The highest BCUT2D eigenvalue weighted by molar-refractivity contribution is 7.13. The molecular formula is C25H20N2O3S. The molecule has 0 radical (unpaired) electrons. The van der Waals surface area contributed by atoms with Gasteiger partial charge in [-0.25, -0.2) is 4.98 Å². The van der Waals surface area contributed by atoms with Gasteiger partial charge < -0.3 is 10.1 Å². The summed E-state index contributed by atoms with van der Waals surface area (Å²) in [6.07, 6.45) is 0. The van der Waals surface area contributed by atoms with E-state index in [1.807, 2.05) is 54.6 Å². The summed E-state index contributed by atoms with van der Waals surface area (Å²) in [6.45, 7) is 1.72. The third kappa shape index (κ3) is 5.24. The van der Waals surface area contributed by atoms with Gasteiger partial charge in [-0.1, -0.05) is 60.7 Å². The molecule has 0 saturated carbocycles. The number of ether oxygens (including phenoxy) is 1. The van der Waals surface area contributed by atoms with Gasteiger partial charge >= 0.3 is 5.97 Å². The molecule has 6 heteroatoms. The lowest BCUT2D eigenvalue weighted by Gasteiger charge is -2.07. The van der Waals surface area contributed by atoms with E-state index in [4.69, 9.17) is 9.72 Å². The van der Waals surface area contributed by atoms with Crippen LogP contribution in [-0.2, 0) is 11.3 Å². The van der Waals surface area contributed by atoms with Gasteiger partial charge in [0.05, 0.1) is 5.69 Å². The fourth-order valence-electron chi connectivity index (χ4n) is 3.06. The largest absolute Gasteiger partial charge is 0.427 e. The molecule has 0 aliphatic carbocycles. The summed E-state index contributed by atoms with van der Waals surface area (Å²) in [5.74, 6) is -0.304. The predicted octanol–water partition coefficient (Wildman–Crippen LogP) is 5.33. The summed E-state index contributed by atoms with van der Waals surface area (Å²) in [4.78, 5) is 28.2. The normalized spacial score (nSPS) is 10.5. The van der Waals surface area contributed by atoms with Crippen molar-refractivity contribution in [2.75, 3.05) is 0 Å². The van der Waals surface area contributed by atoms with Crippen molar-refractivity contribution in [1.29, 1.82) is 0 Å². The minimum atomic E-state index is -0.422. The van der Waals surface area contributed by atoms with Crippen LogP contribution in [0.3, 0.4) is 0 Å². The van der Waals surface area contributed by atoms with Gasteiger partial charge in [-0.15, -0.1) is 11.3 Å². The molecule has 0 saturated heterocycles. The van der Waals surface area contributed by atoms with Crippen LogP contribution in [0, 0.1) is 0 Å². The van der Waals surface area contributed by atoms with Crippen molar-refractivity contribution < 1.29 is 14.3 Å². The molecule has 0 aliphatic rings. The molecule has 4 rings (SSSR count). The van der Waals surface area contributed by atoms with E-state index in [1.54, 1.807) is 35.6 Å². The number of carbonyl (C=O) groups excluding carboxylic acids is 2. The summed E-state index contributed by atoms with van der Waals surface area (Å²) in [5, 5.41) is 5.90. The number of hydrogen-bond acceptors (Lipinski definition) is 5. The second-order valence-corrected chi connectivity index (χ2v) is 7.76. The molecule has 0 atom stereocenters. The number of aromatic nitrogens is 1. The van der Waals surface area contributed by atoms with Crippen LogP contribution in [0.2, 0.25) is 0 Å². The highest BCUT2D eigenvalue weighted by atomic mass is 32.1. The Balaban J connectivity index is 1.39. The van der Waals surface area contributed by atoms with E-state index in [2.05, 4.69) is 10.7 Å². The first-order chi connectivity index (χ1) is 15.1. The molecular weight excluding hydrogens is 408 g/mol. The Bertz CT molecular complexity index is 1200. The second-order valence-electron chi connectivity index (χ2n) is 6.91. The zero-order valence-electron chi connectivity index (χ0n) is 16.9. The lowest BCUT2D eigenvalue weighted by atomic mass is 10.1. The Morgan fingerprint density at radius 1 is 0.935 bits per heavy atom. The van der Waals surface area contributed by atoms with Crippen LogP contribution < -0.4 is 10.1 Å². The topological polar surface area (TPSA) is 68.3 Å². The van der Waals surface area contributed by atoms with E-state index in [-0.39, 0.29) is 5.91 Å². The van der Waals surface area contributed by atoms with Gasteiger partial charge in [0, 0.05) is 35.5 Å². The second kappa shape index (κ2) is 9.36. The number of hydrogen-bond donors (Lipinski definition) is 1. The van der Waals surface area contributed by atoms with Crippen molar-refractivity contribution in [3.05, 3.63) is 95.4 Å². The molecule has 0 unspecified atom stereocenters. The summed E-state index contributed by atoms with van der Waals surface area (Å²) in [5.41, 5.74) is 4.52. The molecule has 1 N–H and O–H groups in total. The van der Waals surface area contributed by atoms with E-state index in [0.717, 1.165) is 27.4 Å². The molecule has 3 aromatic carbocycles. The van der Waals surface area contributed by atoms with Crippen LogP contribution in [-0.4, -0.2) is 16.9 Å². The van der Waals surface area contributed by atoms with Crippen molar-refractivity contribution in [3.8, 4) is 27.6 Å². The Morgan fingerprint density at radius 2 is 1.71 bits per heavy atom. The maximum absolute atomic E-state index is 12.4. The molecule has 31 heavy (non-hydrogen) atoms. The molecule has 0 aliphatic heterocycles. The van der Waals surface area contributed by atoms with E-state index in [1.165, 1.54) is 6.92 Å². The number of amides is 1. The summed E-state index contributed by atoms with van der Waals surface area (Å²) < 4.78 is 5.03. The van der Waals surface area contributed by atoms with Crippen molar-refractivity contribution in [2.24, 2.45) is 0 Å².